The molecule has 1 aromatic carbocycles. The van der Waals surface area contributed by atoms with Gasteiger partial charge in [-0.3, -0.25) is 0 Å². The van der Waals surface area contributed by atoms with Crippen LogP contribution < -0.4 is 4.90 Å². The van der Waals surface area contributed by atoms with Crippen molar-refractivity contribution in [2.24, 2.45) is 5.92 Å². The molecule has 0 saturated carbocycles. The number of halogens is 1. The molecule has 2 aliphatic heterocycles. The number of hydrogen-bond acceptors (Lipinski definition) is 2. The van der Waals surface area contributed by atoms with Gasteiger partial charge in [-0.25, -0.2) is 0 Å². The van der Waals surface area contributed by atoms with Gasteiger partial charge in [0.25, 0.3) is 0 Å². The van der Waals surface area contributed by atoms with Crippen LogP contribution in [-0.4, -0.2) is 20.2 Å². The van der Waals surface area contributed by atoms with E-state index in [1.54, 1.807) is 0 Å². The molecule has 15 heavy (non-hydrogen) atoms. The number of rotatable bonds is 0. The molecular formula is C12H14INO. The van der Waals surface area contributed by atoms with Gasteiger partial charge in [-0.05, 0) is 47.2 Å². The molecular weight excluding hydrogens is 301 g/mol. The fourth-order valence-corrected chi connectivity index (χ4v) is 3.23. The van der Waals surface area contributed by atoms with Crippen LogP contribution in [0.2, 0.25) is 0 Å². The Morgan fingerprint density at radius 1 is 1.47 bits per heavy atom. The van der Waals surface area contributed by atoms with E-state index in [1.807, 2.05) is 0 Å². The quantitative estimate of drug-likeness (QED) is 0.683. The van der Waals surface area contributed by atoms with Gasteiger partial charge in [-0.2, -0.15) is 0 Å². The van der Waals surface area contributed by atoms with Gasteiger partial charge in [0.1, 0.15) is 0 Å². The van der Waals surface area contributed by atoms with E-state index in [2.05, 4.69) is 52.7 Å². The van der Waals surface area contributed by atoms with Gasteiger partial charge in [-0.15, -0.1) is 0 Å². The van der Waals surface area contributed by atoms with Crippen molar-refractivity contribution < 1.29 is 4.74 Å². The van der Waals surface area contributed by atoms with E-state index < -0.39 is 0 Å². The first-order chi connectivity index (χ1) is 7.25. The van der Waals surface area contributed by atoms with E-state index >= 15 is 0 Å². The van der Waals surface area contributed by atoms with E-state index in [1.165, 1.54) is 21.2 Å². The predicted octanol–water partition coefficient (Wildman–Crippen LogP) is 2.82. The van der Waals surface area contributed by atoms with Crippen molar-refractivity contribution in [1.82, 2.24) is 0 Å². The van der Waals surface area contributed by atoms with Gasteiger partial charge in [0.05, 0.1) is 6.10 Å². The van der Waals surface area contributed by atoms with Crippen LogP contribution in [0, 0.1) is 9.49 Å². The summed E-state index contributed by atoms with van der Waals surface area (Å²) in [7, 11) is 2.18. The topological polar surface area (TPSA) is 12.5 Å². The monoisotopic (exact) mass is 315 g/mol. The van der Waals surface area contributed by atoms with Crippen LogP contribution in [0.25, 0.3) is 0 Å². The Morgan fingerprint density at radius 2 is 2.33 bits per heavy atom. The molecule has 2 atom stereocenters. The van der Waals surface area contributed by atoms with E-state index in [4.69, 9.17) is 4.74 Å². The molecule has 0 N–H and O–H groups in total. The lowest BCUT2D eigenvalue weighted by Crippen LogP contribution is -2.33. The second-order valence-electron chi connectivity index (χ2n) is 4.42. The smallest absolute Gasteiger partial charge is 0.0891 e. The molecule has 2 nitrogen and oxygen atoms in total. The minimum Gasteiger partial charge on any atom is -0.374 e. The maximum atomic E-state index is 5.86. The van der Waals surface area contributed by atoms with Gasteiger partial charge in [0, 0.05) is 40.9 Å². The SMILES string of the molecule is CN1CC2CCOC2c2cc(I)ccc21. The Hall–Kier alpha value is -0.290. The minimum absolute atomic E-state index is 0.353. The van der Waals surface area contributed by atoms with Crippen LogP contribution in [0.15, 0.2) is 18.2 Å². The number of fused-ring (bicyclic) bond motifs is 3. The molecule has 0 amide bonds. The summed E-state index contributed by atoms with van der Waals surface area (Å²) in [5.74, 6) is 0.695. The zero-order valence-electron chi connectivity index (χ0n) is 8.74. The first kappa shape index (κ1) is 9.90. The molecule has 0 bridgehead atoms. The Kier molecular flexibility index (Phi) is 2.39. The van der Waals surface area contributed by atoms with Gasteiger partial charge in [-0.1, -0.05) is 0 Å². The van der Waals surface area contributed by atoms with Crippen LogP contribution in [0.5, 0.6) is 0 Å². The molecule has 1 aromatic rings. The largest absolute Gasteiger partial charge is 0.374 e. The molecule has 80 valence electrons. The first-order valence-corrected chi connectivity index (χ1v) is 6.46. The summed E-state index contributed by atoms with van der Waals surface area (Å²) in [6, 6.07) is 6.66. The summed E-state index contributed by atoms with van der Waals surface area (Å²) in [5.41, 5.74) is 2.73. The Labute approximate surface area is 104 Å². The molecule has 2 aliphatic rings. The number of anilines is 1. The average Bonchev–Trinajstić information content (AvgIpc) is 2.65. The molecule has 0 radical (unpaired) electrons. The predicted molar refractivity (Wildman–Crippen MR) is 69.2 cm³/mol. The fourth-order valence-electron chi connectivity index (χ4n) is 2.72. The van der Waals surface area contributed by atoms with Crippen molar-refractivity contribution in [3.8, 4) is 0 Å². The summed E-state index contributed by atoms with van der Waals surface area (Å²) < 4.78 is 7.16. The molecule has 2 unspecified atom stereocenters. The second-order valence-corrected chi connectivity index (χ2v) is 5.67. The average molecular weight is 315 g/mol. The van der Waals surface area contributed by atoms with Crippen molar-refractivity contribution in [3.63, 3.8) is 0 Å². The normalized spacial score (nSPS) is 28.8. The van der Waals surface area contributed by atoms with Crippen molar-refractivity contribution in [3.05, 3.63) is 27.3 Å². The lowest BCUT2D eigenvalue weighted by atomic mass is 9.89. The van der Waals surface area contributed by atoms with Crippen LogP contribution in [-0.2, 0) is 4.74 Å². The van der Waals surface area contributed by atoms with Gasteiger partial charge < -0.3 is 9.64 Å². The third-order valence-electron chi connectivity index (χ3n) is 3.43. The zero-order chi connectivity index (χ0) is 10.4. The molecule has 1 fully saturated rings. The molecule has 0 aliphatic carbocycles. The Morgan fingerprint density at radius 3 is 3.20 bits per heavy atom. The number of hydrogen-bond donors (Lipinski definition) is 0. The third kappa shape index (κ3) is 1.56. The summed E-state index contributed by atoms with van der Waals surface area (Å²) in [4.78, 5) is 2.36. The molecule has 0 spiro atoms. The van der Waals surface area contributed by atoms with Crippen molar-refractivity contribution in [2.75, 3.05) is 25.1 Å². The summed E-state index contributed by atoms with van der Waals surface area (Å²) in [5, 5.41) is 0. The highest BCUT2D eigenvalue weighted by atomic mass is 127. The van der Waals surface area contributed by atoms with Gasteiger partial charge in [0.15, 0.2) is 0 Å². The first-order valence-electron chi connectivity index (χ1n) is 5.38. The highest BCUT2D eigenvalue weighted by Crippen LogP contribution is 2.43. The van der Waals surface area contributed by atoms with E-state index in [9.17, 15) is 0 Å². The van der Waals surface area contributed by atoms with Crippen LogP contribution in [0.4, 0.5) is 5.69 Å². The molecule has 3 heteroatoms. The Balaban J connectivity index is 2.11. The van der Waals surface area contributed by atoms with Crippen LogP contribution >= 0.6 is 22.6 Å². The second kappa shape index (κ2) is 3.63. The fraction of sp³-hybridized carbons (Fsp3) is 0.500. The minimum atomic E-state index is 0.353. The van der Waals surface area contributed by atoms with Crippen LogP contribution in [0.1, 0.15) is 18.1 Å². The summed E-state index contributed by atoms with van der Waals surface area (Å²) >= 11 is 2.37. The Bertz CT molecular complexity index is 393. The lowest BCUT2D eigenvalue weighted by Gasteiger charge is -2.35. The highest BCUT2D eigenvalue weighted by molar-refractivity contribution is 14.1. The number of ether oxygens (including phenoxy) is 1. The summed E-state index contributed by atoms with van der Waals surface area (Å²) in [6.45, 7) is 2.06. The molecule has 1 saturated heterocycles. The van der Waals surface area contributed by atoms with Crippen molar-refractivity contribution >= 4 is 28.3 Å². The maximum absolute atomic E-state index is 5.86. The maximum Gasteiger partial charge on any atom is 0.0891 e. The van der Waals surface area contributed by atoms with Gasteiger partial charge in [0.2, 0.25) is 0 Å². The van der Waals surface area contributed by atoms with E-state index in [-0.39, 0.29) is 0 Å². The third-order valence-corrected chi connectivity index (χ3v) is 4.10. The zero-order valence-corrected chi connectivity index (χ0v) is 10.9. The van der Waals surface area contributed by atoms with Crippen LogP contribution in [0.3, 0.4) is 0 Å². The van der Waals surface area contributed by atoms with E-state index in [0.717, 1.165) is 13.2 Å². The van der Waals surface area contributed by atoms with Crippen molar-refractivity contribution in [1.29, 1.82) is 0 Å². The lowest BCUT2D eigenvalue weighted by molar-refractivity contribution is 0.0890. The molecule has 3 rings (SSSR count). The highest BCUT2D eigenvalue weighted by Gasteiger charge is 2.36. The number of benzene rings is 1. The van der Waals surface area contributed by atoms with E-state index in [0.29, 0.717) is 12.0 Å². The number of nitrogens with zero attached hydrogens (tertiary/aromatic N) is 1. The van der Waals surface area contributed by atoms with Gasteiger partial charge >= 0.3 is 0 Å². The van der Waals surface area contributed by atoms with Crippen molar-refractivity contribution in [2.45, 2.75) is 12.5 Å². The molecule has 0 aromatic heterocycles. The summed E-state index contributed by atoms with van der Waals surface area (Å²) in [6.07, 6.45) is 1.56. The molecule has 2 heterocycles. The standard InChI is InChI=1S/C12H14INO/c1-14-7-8-4-5-15-12(8)10-6-9(13)2-3-11(10)14/h2-3,6,8,12H,4-5,7H2,1H3.